The number of para-hydroxylation sites is 1. The zero-order valence-corrected chi connectivity index (χ0v) is 12.6. The molecule has 3 heteroatoms. The van der Waals surface area contributed by atoms with Gasteiger partial charge in [0.05, 0.1) is 5.52 Å². The van der Waals surface area contributed by atoms with Crippen molar-refractivity contribution in [2.75, 3.05) is 13.6 Å². The summed E-state index contributed by atoms with van der Waals surface area (Å²) in [5.41, 5.74) is 3.28. The molecule has 0 radical (unpaired) electrons. The molecule has 0 aliphatic rings. The van der Waals surface area contributed by atoms with E-state index < -0.39 is 6.23 Å². The van der Waals surface area contributed by atoms with Crippen LogP contribution in [-0.4, -0.2) is 34.8 Å². The predicted molar refractivity (Wildman–Crippen MR) is 83.8 cm³/mol. The summed E-state index contributed by atoms with van der Waals surface area (Å²) in [6, 6.07) is 10.4. The number of aliphatic hydroxyl groups excluding tert-OH is 1. The first-order valence-corrected chi connectivity index (χ1v) is 7.41. The maximum absolute atomic E-state index is 10.2. The highest BCUT2D eigenvalue weighted by atomic mass is 16.3. The van der Waals surface area contributed by atoms with E-state index in [1.54, 1.807) is 0 Å². The average Bonchev–Trinajstić information content (AvgIpc) is 2.47. The summed E-state index contributed by atoms with van der Waals surface area (Å²) < 4.78 is 0. The summed E-state index contributed by atoms with van der Waals surface area (Å²) in [6.45, 7) is 5.04. The Morgan fingerprint density at radius 2 is 2.00 bits per heavy atom. The first kappa shape index (κ1) is 14.9. The molecular weight excluding hydrogens is 248 g/mol. The van der Waals surface area contributed by atoms with E-state index in [9.17, 15) is 5.11 Å². The van der Waals surface area contributed by atoms with Crippen molar-refractivity contribution < 1.29 is 5.11 Å². The molecular formula is C17H24N2O. The van der Waals surface area contributed by atoms with Gasteiger partial charge < -0.3 is 5.11 Å². The topological polar surface area (TPSA) is 36.4 Å². The number of likely N-dealkylation sites (N-methyl/N-ethyl adjacent to an activating group) is 1. The van der Waals surface area contributed by atoms with E-state index in [-0.39, 0.29) is 0 Å². The number of benzene rings is 1. The van der Waals surface area contributed by atoms with Gasteiger partial charge in [0.2, 0.25) is 0 Å². The van der Waals surface area contributed by atoms with Gasteiger partial charge in [0, 0.05) is 17.5 Å². The Bertz CT molecular complexity index is 568. The van der Waals surface area contributed by atoms with Crippen molar-refractivity contribution in [3.63, 3.8) is 0 Å². The maximum Gasteiger partial charge on any atom is 0.111 e. The summed E-state index contributed by atoms with van der Waals surface area (Å²) >= 11 is 0. The molecule has 2 aromatic rings. The van der Waals surface area contributed by atoms with Crippen LogP contribution in [0, 0.1) is 0 Å². The number of aryl methyl sites for hydroxylation is 1. The maximum atomic E-state index is 10.2. The lowest BCUT2D eigenvalue weighted by atomic mass is 10.0. The van der Waals surface area contributed by atoms with Gasteiger partial charge >= 0.3 is 0 Å². The molecule has 0 saturated heterocycles. The first-order chi connectivity index (χ1) is 9.65. The van der Waals surface area contributed by atoms with Crippen molar-refractivity contribution in [3.05, 3.63) is 41.6 Å². The van der Waals surface area contributed by atoms with Crippen molar-refractivity contribution in [1.29, 1.82) is 0 Å². The Hall–Kier alpha value is -1.45. The van der Waals surface area contributed by atoms with Gasteiger partial charge in [-0.05, 0) is 31.6 Å². The van der Waals surface area contributed by atoms with E-state index in [0.29, 0.717) is 6.42 Å². The van der Waals surface area contributed by atoms with Gasteiger partial charge in [-0.25, -0.2) is 0 Å². The lowest BCUT2D eigenvalue weighted by Crippen LogP contribution is -2.33. The van der Waals surface area contributed by atoms with Gasteiger partial charge in [-0.15, -0.1) is 0 Å². The Morgan fingerprint density at radius 1 is 1.20 bits per heavy atom. The van der Waals surface area contributed by atoms with E-state index >= 15 is 0 Å². The number of hydrogen-bond donors (Lipinski definition) is 1. The Kier molecular flexibility index (Phi) is 5.10. The minimum absolute atomic E-state index is 0.456. The van der Waals surface area contributed by atoms with Gasteiger partial charge in [-0.3, -0.25) is 9.88 Å². The van der Waals surface area contributed by atoms with Crippen LogP contribution in [0.25, 0.3) is 10.9 Å². The summed E-state index contributed by atoms with van der Waals surface area (Å²) in [6.07, 6.45) is 2.26. The minimum Gasteiger partial charge on any atom is -0.378 e. The number of hydrogen-bond acceptors (Lipinski definition) is 3. The monoisotopic (exact) mass is 272 g/mol. The van der Waals surface area contributed by atoms with Crippen molar-refractivity contribution in [2.45, 2.75) is 39.3 Å². The average molecular weight is 272 g/mol. The van der Waals surface area contributed by atoms with Crippen LogP contribution in [0.2, 0.25) is 0 Å². The second-order valence-electron chi connectivity index (χ2n) is 5.30. The van der Waals surface area contributed by atoms with E-state index in [1.165, 1.54) is 0 Å². The van der Waals surface area contributed by atoms with Crippen LogP contribution >= 0.6 is 0 Å². The third-order valence-electron chi connectivity index (χ3n) is 3.78. The fourth-order valence-corrected chi connectivity index (χ4v) is 2.37. The summed E-state index contributed by atoms with van der Waals surface area (Å²) in [7, 11) is 1.94. The Balaban J connectivity index is 2.34. The first-order valence-electron chi connectivity index (χ1n) is 7.41. The number of rotatable bonds is 6. The van der Waals surface area contributed by atoms with Crippen LogP contribution in [-0.2, 0) is 12.8 Å². The van der Waals surface area contributed by atoms with Gasteiger partial charge in [-0.2, -0.15) is 0 Å². The third kappa shape index (κ3) is 3.35. The van der Waals surface area contributed by atoms with Crippen LogP contribution < -0.4 is 0 Å². The fraction of sp³-hybridized carbons (Fsp3) is 0.471. The van der Waals surface area contributed by atoms with E-state index in [0.717, 1.165) is 41.5 Å². The molecule has 2 rings (SSSR count). The zero-order chi connectivity index (χ0) is 14.5. The Labute approximate surface area is 121 Å². The molecule has 20 heavy (non-hydrogen) atoms. The van der Waals surface area contributed by atoms with Crippen molar-refractivity contribution in [3.8, 4) is 0 Å². The van der Waals surface area contributed by atoms with E-state index in [1.807, 2.05) is 24.9 Å². The third-order valence-corrected chi connectivity index (χ3v) is 3.78. The molecule has 0 bridgehead atoms. The SMILES string of the molecule is CCCc1ccc2cccc(CC(O)N(C)CC)c2n1. The fourth-order valence-electron chi connectivity index (χ4n) is 2.37. The Morgan fingerprint density at radius 3 is 2.70 bits per heavy atom. The van der Waals surface area contributed by atoms with Crippen LogP contribution in [0.1, 0.15) is 31.5 Å². The lowest BCUT2D eigenvalue weighted by Gasteiger charge is -2.22. The molecule has 1 aromatic heterocycles. The van der Waals surface area contributed by atoms with E-state index in [2.05, 4.69) is 31.2 Å². The number of aromatic nitrogens is 1. The van der Waals surface area contributed by atoms with Crippen LogP contribution in [0.3, 0.4) is 0 Å². The van der Waals surface area contributed by atoms with E-state index in [4.69, 9.17) is 4.98 Å². The molecule has 0 aliphatic carbocycles. The molecule has 1 aromatic carbocycles. The number of aliphatic hydroxyl groups is 1. The molecule has 1 atom stereocenters. The smallest absolute Gasteiger partial charge is 0.111 e. The normalized spacial score (nSPS) is 13.1. The molecule has 0 fully saturated rings. The van der Waals surface area contributed by atoms with Crippen molar-refractivity contribution in [1.82, 2.24) is 9.88 Å². The largest absolute Gasteiger partial charge is 0.378 e. The van der Waals surface area contributed by atoms with Crippen molar-refractivity contribution in [2.24, 2.45) is 0 Å². The minimum atomic E-state index is -0.456. The van der Waals surface area contributed by atoms with Gasteiger partial charge in [0.15, 0.2) is 0 Å². The molecule has 1 heterocycles. The van der Waals surface area contributed by atoms with Crippen LogP contribution in [0.4, 0.5) is 0 Å². The molecule has 0 saturated carbocycles. The second-order valence-corrected chi connectivity index (χ2v) is 5.30. The predicted octanol–water partition coefficient (Wildman–Crippen LogP) is 3.00. The number of pyridine rings is 1. The molecule has 0 amide bonds. The zero-order valence-electron chi connectivity index (χ0n) is 12.6. The molecule has 0 spiro atoms. The van der Waals surface area contributed by atoms with Gasteiger partial charge in [-0.1, -0.05) is 44.5 Å². The lowest BCUT2D eigenvalue weighted by molar-refractivity contribution is 0.0269. The number of fused-ring (bicyclic) bond motifs is 1. The molecule has 0 aliphatic heterocycles. The summed E-state index contributed by atoms with van der Waals surface area (Å²) in [5.74, 6) is 0. The second kappa shape index (κ2) is 6.82. The summed E-state index contributed by atoms with van der Waals surface area (Å²) in [5, 5.41) is 11.3. The molecule has 108 valence electrons. The van der Waals surface area contributed by atoms with Crippen molar-refractivity contribution >= 4 is 10.9 Å². The molecule has 1 N–H and O–H groups in total. The van der Waals surface area contributed by atoms with Crippen LogP contribution in [0.5, 0.6) is 0 Å². The van der Waals surface area contributed by atoms with Crippen LogP contribution in [0.15, 0.2) is 30.3 Å². The molecule has 1 unspecified atom stereocenters. The van der Waals surface area contributed by atoms with Gasteiger partial charge in [0.1, 0.15) is 6.23 Å². The highest BCUT2D eigenvalue weighted by Gasteiger charge is 2.12. The standard InChI is InChI=1S/C17H24N2O/c1-4-7-15-11-10-13-8-6-9-14(17(13)18-15)12-16(20)19(3)5-2/h6,8-11,16,20H,4-5,7,12H2,1-3H3. The highest BCUT2D eigenvalue weighted by molar-refractivity contribution is 5.82. The number of nitrogens with zero attached hydrogens (tertiary/aromatic N) is 2. The van der Waals surface area contributed by atoms with Gasteiger partial charge in [0.25, 0.3) is 0 Å². The highest BCUT2D eigenvalue weighted by Crippen LogP contribution is 2.20. The quantitative estimate of drug-likeness (QED) is 0.821. The summed E-state index contributed by atoms with van der Waals surface area (Å²) in [4.78, 5) is 6.71. The molecule has 3 nitrogen and oxygen atoms in total.